The highest BCUT2D eigenvalue weighted by Gasteiger charge is 2.15. The number of carbonyl (C=O) groups excluding carboxylic acids is 1. The number of carbonyl (C=O) groups is 1. The molecular formula is C11H18FN5O. The van der Waals surface area contributed by atoms with Crippen LogP contribution in [-0.4, -0.2) is 55.0 Å². The van der Waals surface area contributed by atoms with E-state index in [4.69, 9.17) is 0 Å². The predicted molar refractivity (Wildman–Crippen MR) is 68.1 cm³/mol. The highest BCUT2D eigenvalue weighted by atomic mass is 19.1. The summed E-state index contributed by atoms with van der Waals surface area (Å²) in [5.74, 6) is -0.222. The van der Waals surface area contributed by atoms with Crippen molar-refractivity contribution in [2.45, 2.75) is 6.92 Å². The molecule has 1 aromatic rings. The first-order valence-electron chi connectivity index (χ1n) is 5.63. The molecule has 0 aliphatic carbocycles. The van der Waals surface area contributed by atoms with Crippen molar-refractivity contribution < 1.29 is 9.18 Å². The number of hydrogen-bond acceptors (Lipinski definition) is 5. The Balaban J connectivity index is 2.86. The molecule has 6 nitrogen and oxygen atoms in total. The van der Waals surface area contributed by atoms with Crippen LogP contribution in [-0.2, 0) is 4.79 Å². The van der Waals surface area contributed by atoms with Crippen molar-refractivity contribution in [1.29, 1.82) is 0 Å². The maximum Gasteiger partial charge on any atom is 0.241 e. The Labute approximate surface area is 106 Å². The number of aromatic nitrogens is 2. The first kappa shape index (κ1) is 14.1. The molecule has 0 aliphatic rings. The molecule has 0 saturated heterocycles. The minimum Gasteiger partial charge on any atom is -0.354 e. The minimum absolute atomic E-state index is 0.0620. The standard InChI is InChI=1S/C11H18FN5O/c1-5-13-11-14-6-8(12)10(15-11)17(4)7-9(18)16(2)3/h6H,5,7H2,1-4H3,(H,13,14,15). The van der Waals surface area contributed by atoms with Gasteiger partial charge in [0.1, 0.15) is 0 Å². The Morgan fingerprint density at radius 3 is 2.67 bits per heavy atom. The maximum absolute atomic E-state index is 13.6. The van der Waals surface area contributed by atoms with Crippen LogP contribution in [0.4, 0.5) is 16.2 Å². The Bertz CT molecular complexity index is 424. The monoisotopic (exact) mass is 255 g/mol. The van der Waals surface area contributed by atoms with E-state index in [1.807, 2.05) is 6.92 Å². The molecule has 0 aliphatic heterocycles. The molecular weight excluding hydrogens is 237 g/mol. The smallest absolute Gasteiger partial charge is 0.241 e. The molecule has 0 bridgehead atoms. The van der Waals surface area contributed by atoms with Crippen LogP contribution < -0.4 is 10.2 Å². The number of hydrogen-bond donors (Lipinski definition) is 1. The van der Waals surface area contributed by atoms with E-state index < -0.39 is 5.82 Å². The lowest BCUT2D eigenvalue weighted by atomic mass is 10.4. The van der Waals surface area contributed by atoms with E-state index in [2.05, 4.69) is 15.3 Å². The van der Waals surface area contributed by atoms with E-state index in [-0.39, 0.29) is 18.3 Å². The number of nitrogens with zero attached hydrogens (tertiary/aromatic N) is 4. The van der Waals surface area contributed by atoms with E-state index in [1.165, 1.54) is 9.80 Å². The van der Waals surface area contributed by atoms with Crippen LogP contribution in [0, 0.1) is 5.82 Å². The molecule has 0 fully saturated rings. The topological polar surface area (TPSA) is 61.4 Å². The molecule has 0 radical (unpaired) electrons. The van der Waals surface area contributed by atoms with Crippen LogP contribution >= 0.6 is 0 Å². The van der Waals surface area contributed by atoms with Crippen LogP contribution in [0.3, 0.4) is 0 Å². The van der Waals surface area contributed by atoms with E-state index in [0.717, 1.165) is 6.20 Å². The van der Waals surface area contributed by atoms with Crippen molar-refractivity contribution >= 4 is 17.7 Å². The highest BCUT2D eigenvalue weighted by molar-refractivity contribution is 5.80. The van der Waals surface area contributed by atoms with Gasteiger partial charge >= 0.3 is 0 Å². The van der Waals surface area contributed by atoms with Gasteiger partial charge in [-0.2, -0.15) is 4.98 Å². The molecule has 0 unspecified atom stereocenters. The first-order chi connectivity index (χ1) is 8.45. The van der Waals surface area contributed by atoms with Gasteiger partial charge in [-0.25, -0.2) is 9.37 Å². The van der Waals surface area contributed by atoms with Gasteiger partial charge in [0.25, 0.3) is 0 Å². The quantitative estimate of drug-likeness (QED) is 0.833. The van der Waals surface area contributed by atoms with Crippen molar-refractivity contribution in [3.8, 4) is 0 Å². The fourth-order valence-corrected chi connectivity index (χ4v) is 1.29. The van der Waals surface area contributed by atoms with Gasteiger partial charge in [-0.15, -0.1) is 0 Å². The Morgan fingerprint density at radius 1 is 1.44 bits per heavy atom. The Morgan fingerprint density at radius 2 is 2.11 bits per heavy atom. The van der Waals surface area contributed by atoms with E-state index >= 15 is 0 Å². The number of nitrogens with one attached hydrogen (secondary N) is 1. The van der Waals surface area contributed by atoms with Crippen LogP contribution in [0.15, 0.2) is 6.20 Å². The summed E-state index contributed by atoms with van der Waals surface area (Å²) in [6, 6.07) is 0. The zero-order valence-electron chi connectivity index (χ0n) is 11.1. The third-order valence-corrected chi connectivity index (χ3v) is 2.29. The molecule has 1 rings (SSSR count). The summed E-state index contributed by atoms with van der Waals surface area (Å²) in [4.78, 5) is 22.3. The molecule has 1 N–H and O–H groups in total. The van der Waals surface area contributed by atoms with E-state index in [0.29, 0.717) is 12.5 Å². The number of halogens is 1. The zero-order chi connectivity index (χ0) is 13.7. The molecule has 18 heavy (non-hydrogen) atoms. The van der Waals surface area contributed by atoms with Crippen molar-refractivity contribution in [2.75, 3.05) is 44.4 Å². The Kier molecular flexibility index (Phi) is 4.82. The SMILES string of the molecule is CCNc1ncc(F)c(N(C)CC(=O)N(C)C)n1. The summed E-state index contributed by atoms with van der Waals surface area (Å²) in [5.41, 5.74) is 0. The number of likely N-dealkylation sites (N-methyl/N-ethyl adjacent to an activating group) is 2. The zero-order valence-corrected chi connectivity index (χ0v) is 11.1. The average molecular weight is 255 g/mol. The number of amides is 1. The third-order valence-electron chi connectivity index (χ3n) is 2.29. The molecule has 7 heteroatoms. The molecule has 100 valence electrons. The fraction of sp³-hybridized carbons (Fsp3) is 0.545. The molecule has 1 aromatic heterocycles. The third kappa shape index (κ3) is 3.54. The molecule has 1 heterocycles. The van der Waals surface area contributed by atoms with Gasteiger partial charge in [-0.05, 0) is 6.92 Å². The number of rotatable bonds is 5. The summed E-state index contributed by atoms with van der Waals surface area (Å²) >= 11 is 0. The summed E-state index contributed by atoms with van der Waals surface area (Å²) in [6.45, 7) is 2.60. The second kappa shape index (κ2) is 6.13. The molecule has 0 spiro atoms. The van der Waals surface area contributed by atoms with Gasteiger partial charge in [-0.1, -0.05) is 0 Å². The van der Waals surface area contributed by atoms with Crippen LogP contribution in [0.25, 0.3) is 0 Å². The second-order valence-electron chi connectivity index (χ2n) is 4.04. The summed E-state index contributed by atoms with van der Waals surface area (Å²) in [5, 5.41) is 2.90. The van der Waals surface area contributed by atoms with Gasteiger partial charge in [0.2, 0.25) is 11.9 Å². The molecule has 0 saturated carbocycles. The van der Waals surface area contributed by atoms with E-state index in [1.54, 1.807) is 21.1 Å². The van der Waals surface area contributed by atoms with E-state index in [9.17, 15) is 9.18 Å². The molecule has 1 amide bonds. The van der Waals surface area contributed by atoms with Crippen molar-refractivity contribution in [3.05, 3.63) is 12.0 Å². The maximum atomic E-state index is 13.6. The summed E-state index contributed by atoms with van der Waals surface area (Å²) < 4.78 is 13.6. The Hall–Kier alpha value is -1.92. The average Bonchev–Trinajstić information content (AvgIpc) is 2.31. The van der Waals surface area contributed by atoms with Gasteiger partial charge in [0, 0.05) is 27.7 Å². The predicted octanol–water partition coefficient (Wildman–Crippen LogP) is 0.572. The highest BCUT2D eigenvalue weighted by Crippen LogP contribution is 2.15. The summed E-state index contributed by atoms with van der Waals surface area (Å²) in [6.07, 6.45) is 1.09. The largest absolute Gasteiger partial charge is 0.354 e. The van der Waals surface area contributed by atoms with Crippen molar-refractivity contribution in [1.82, 2.24) is 14.9 Å². The molecule has 0 aromatic carbocycles. The van der Waals surface area contributed by atoms with Crippen LogP contribution in [0.5, 0.6) is 0 Å². The normalized spacial score (nSPS) is 10.1. The summed E-state index contributed by atoms with van der Waals surface area (Å²) in [7, 11) is 4.91. The lowest BCUT2D eigenvalue weighted by Crippen LogP contribution is -2.35. The van der Waals surface area contributed by atoms with Gasteiger partial charge < -0.3 is 15.1 Å². The van der Waals surface area contributed by atoms with Crippen molar-refractivity contribution in [2.24, 2.45) is 0 Å². The minimum atomic E-state index is -0.550. The fourth-order valence-electron chi connectivity index (χ4n) is 1.29. The van der Waals surface area contributed by atoms with Crippen molar-refractivity contribution in [3.63, 3.8) is 0 Å². The lowest BCUT2D eigenvalue weighted by molar-refractivity contribution is -0.127. The van der Waals surface area contributed by atoms with Gasteiger partial charge in [0.15, 0.2) is 11.6 Å². The molecule has 0 atom stereocenters. The van der Waals surface area contributed by atoms with Crippen LogP contribution in [0.1, 0.15) is 6.92 Å². The number of anilines is 2. The van der Waals surface area contributed by atoms with Crippen LogP contribution in [0.2, 0.25) is 0 Å². The van der Waals surface area contributed by atoms with Gasteiger partial charge in [-0.3, -0.25) is 4.79 Å². The lowest BCUT2D eigenvalue weighted by Gasteiger charge is -2.20. The van der Waals surface area contributed by atoms with Gasteiger partial charge in [0.05, 0.1) is 12.7 Å². The second-order valence-corrected chi connectivity index (χ2v) is 4.04. The first-order valence-corrected chi connectivity index (χ1v) is 5.63.